The molecular weight excluding hydrogens is 486 g/mol. The van der Waals surface area contributed by atoms with Gasteiger partial charge in [-0.05, 0) is 19.4 Å². The van der Waals surface area contributed by atoms with Crippen LogP contribution in [-0.4, -0.2) is 63.8 Å². The Labute approximate surface area is 195 Å². The van der Waals surface area contributed by atoms with E-state index in [1.54, 1.807) is 9.80 Å². The van der Waals surface area contributed by atoms with Crippen LogP contribution in [0.1, 0.15) is 41.8 Å². The number of nitrogens with zero attached hydrogens (tertiary/aromatic N) is 5. The number of amides is 1. The highest BCUT2D eigenvalue weighted by atomic mass is 19.4. The number of hydrogen-bond acceptors (Lipinski definition) is 7. The van der Waals surface area contributed by atoms with Gasteiger partial charge < -0.3 is 14.5 Å². The highest BCUT2D eigenvalue weighted by molar-refractivity contribution is 5.76. The van der Waals surface area contributed by atoms with E-state index in [1.807, 2.05) is 5.10 Å². The Kier molecular flexibility index (Phi) is 7.67. The lowest BCUT2D eigenvalue weighted by Crippen LogP contribution is -2.49. The Morgan fingerprint density at radius 3 is 2.23 bits per heavy atom. The van der Waals surface area contributed by atoms with Crippen LogP contribution in [0.25, 0.3) is 0 Å². The van der Waals surface area contributed by atoms with Gasteiger partial charge in [-0.3, -0.25) is 9.59 Å². The van der Waals surface area contributed by atoms with Gasteiger partial charge in [-0.25, -0.2) is 15.1 Å². The summed E-state index contributed by atoms with van der Waals surface area (Å²) in [5, 5.41) is 5.48. The lowest BCUT2D eigenvalue weighted by Gasteiger charge is -2.34. The van der Waals surface area contributed by atoms with Gasteiger partial charge in [0, 0.05) is 38.6 Å². The maximum atomic E-state index is 13.1. The van der Waals surface area contributed by atoms with Crippen LogP contribution in [0.2, 0.25) is 0 Å². The van der Waals surface area contributed by atoms with Gasteiger partial charge in [-0.15, -0.1) is 0 Å². The van der Waals surface area contributed by atoms with Crippen LogP contribution in [0, 0.1) is 6.92 Å². The average Bonchev–Trinajstić information content (AvgIpc) is 2.77. The molecule has 1 fully saturated rings. The number of aromatic amines is 1. The molecule has 3 rings (SSSR count). The number of alkyl halides is 6. The number of halogens is 6. The zero-order valence-electron chi connectivity index (χ0n) is 18.7. The standard InChI is InChI=1S/C20H22F6N6O3/c1-11-15(20(24,25)26)17(34)30-29-16(11)12(2)35-8-3-14(33)31-4-6-32(7-5-31)18-27-9-13(10-28-18)19(21,22)23/h9-10,12H,3-8H2,1-2H3,(H,30,34)/t12-/m1/s1. The highest BCUT2D eigenvalue weighted by Gasteiger charge is 2.38. The summed E-state index contributed by atoms with van der Waals surface area (Å²) in [6.07, 6.45) is -8.93. The van der Waals surface area contributed by atoms with Crippen LogP contribution in [0.3, 0.4) is 0 Å². The van der Waals surface area contributed by atoms with E-state index in [1.165, 1.54) is 6.92 Å². The number of ether oxygens (including phenoxy) is 1. The predicted octanol–water partition coefficient (Wildman–Crippen LogP) is 2.72. The first kappa shape index (κ1) is 26.4. The number of piperazine rings is 1. The highest BCUT2D eigenvalue weighted by Crippen LogP contribution is 2.31. The van der Waals surface area contributed by atoms with Crippen molar-refractivity contribution in [3.63, 3.8) is 0 Å². The minimum atomic E-state index is -4.85. The van der Waals surface area contributed by atoms with Crippen LogP contribution >= 0.6 is 0 Å². The molecule has 1 atom stereocenters. The van der Waals surface area contributed by atoms with E-state index >= 15 is 0 Å². The van der Waals surface area contributed by atoms with Crippen molar-refractivity contribution >= 4 is 11.9 Å². The molecule has 0 unspecified atom stereocenters. The molecule has 3 heterocycles. The van der Waals surface area contributed by atoms with Crippen LogP contribution in [0.15, 0.2) is 17.2 Å². The number of carbonyl (C=O) groups excluding carboxylic acids is 1. The maximum absolute atomic E-state index is 13.1. The molecule has 2 aromatic heterocycles. The Morgan fingerprint density at radius 2 is 1.69 bits per heavy atom. The molecule has 192 valence electrons. The molecule has 1 saturated heterocycles. The second-order valence-corrected chi connectivity index (χ2v) is 7.84. The van der Waals surface area contributed by atoms with E-state index in [2.05, 4.69) is 15.1 Å². The van der Waals surface area contributed by atoms with Crippen LogP contribution in [0.4, 0.5) is 32.3 Å². The van der Waals surface area contributed by atoms with Crippen molar-refractivity contribution in [1.29, 1.82) is 0 Å². The topological polar surface area (TPSA) is 104 Å². The van der Waals surface area contributed by atoms with Gasteiger partial charge in [-0.2, -0.15) is 31.4 Å². The largest absolute Gasteiger partial charge is 0.422 e. The lowest BCUT2D eigenvalue weighted by atomic mass is 10.1. The molecule has 0 aliphatic carbocycles. The Bertz CT molecular complexity index is 1090. The predicted molar refractivity (Wildman–Crippen MR) is 109 cm³/mol. The molecule has 0 bridgehead atoms. The molecular formula is C20H22F6N6O3. The smallest absolute Gasteiger partial charge is 0.372 e. The molecule has 0 saturated carbocycles. The van der Waals surface area contributed by atoms with Crippen LogP contribution in [-0.2, 0) is 21.9 Å². The third-order valence-electron chi connectivity index (χ3n) is 5.50. The summed E-state index contributed by atoms with van der Waals surface area (Å²) in [6.45, 7) is 3.70. The molecule has 35 heavy (non-hydrogen) atoms. The van der Waals surface area contributed by atoms with Crippen molar-refractivity contribution in [3.8, 4) is 0 Å². The summed E-state index contributed by atoms with van der Waals surface area (Å²) in [5.74, 6) is -0.128. The Hall–Kier alpha value is -3.23. The lowest BCUT2D eigenvalue weighted by molar-refractivity contribution is -0.139. The summed E-state index contributed by atoms with van der Waals surface area (Å²) in [6, 6.07) is 0. The van der Waals surface area contributed by atoms with Gasteiger partial charge in [0.05, 0.1) is 30.4 Å². The van der Waals surface area contributed by atoms with E-state index < -0.39 is 35.1 Å². The van der Waals surface area contributed by atoms with Crippen molar-refractivity contribution in [2.75, 3.05) is 37.7 Å². The fourth-order valence-electron chi connectivity index (χ4n) is 3.63. The summed E-state index contributed by atoms with van der Waals surface area (Å²) in [4.78, 5) is 34.7. The fourth-order valence-corrected chi connectivity index (χ4v) is 3.63. The van der Waals surface area contributed by atoms with Crippen LogP contribution in [0.5, 0.6) is 0 Å². The number of aromatic nitrogens is 4. The number of rotatable bonds is 6. The number of hydrogen-bond donors (Lipinski definition) is 1. The van der Waals surface area contributed by atoms with Crippen molar-refractivity contribution in [2.24, 2.45) is 0 Å². The second kappa shape index (κ2) is 10.2. The number of carbonyl (C=O) groups is 1. The van der Waals surface area contributed by atoms with E-state index in [4.69, 9.17) is 4.74 Å². The quantitative estimate of drug-likeness (QED) is 0.599. The van der Waals surface area contributed by atoms with Gasteiger partial charge in [0.1, 0.15) is 5.56 Å². The first-order valence-corrected chi connectivity index (χ1v) is 10.5. The minimum absolute atomic E-state index is 0.0460. The van der Waals surface area contributed by atoms with Crippen molar-refractivity contribution in [1.82, 2.24) is 25.1 Å². The average molecular weight is 508 g/mol. The normalized spacial score (nSPS) is 15.9. The summed E-state index contributed by atoms with van der Waals surface area (Å²) < 4.78 is 82.8. The van der Waals surface area contributed by atoms with Gasteiger partial charge in [0.2, 0.25) is 11.9 Å². The summed E-state index contributed by atoms with van der Waals surface area (Å²) in [7, 11) is 0. The molecule has 1 N–H and O–H groups in total. The SMILES string of the molecule is Cc1c([C@@H](C)OCCC(=O)N2CCN(c3ncc(C(F)(F)F)cn3)CC2)n[nH]c(=O)c1C(F)(F)F. The molecule has 1 aliphatic rings. The molecule has 0 radical (unpaired) electrons. The summed E-state index contributed by atoms with van der Waals surface area (Å²) >= 11 is 0. The summed E-state index contributed by atoms with van der Waals surface area (Å²) in [5.41, 5.74) is -4.08. The van der Waals surface area contributed by atoms with E-state index in [-0.39, 0.29) is 49.2 Å². The molecule has 0 spiro atoms. The van der Waals surface area contributed by atoms with Crippen molar-refractivity contribution in [3.05, 3.63) is 45.1 Å². The van der Waals surface area contributed by atoms with Crippen molar-refractivity contribution in [2.45, 2.75) is 38.7 Å². The molecule has 1 amide bonds. The first-order chi connectivity index (χ1) is 16.3. The van der Waals surface area contributed by atoms with E-state index in [0.29, 0.717) is 25.5 Å². The zero-order chi connectivity index (χ0) is 26.0. The third kappa shape index (κ3) is 6.26. The second-order valence-electron chi connectivity index (χ2n) is 7.84. The number of nitrogens with one attached hydrogen (secondary N) is 1. The molecule has 2 aromatic rings. The molecule has 0 aromatic carbocycles. The van der Waals surface area contributed by atoms with Gasteiger partial charge in [0.25, 0.3) is 5.56 Å². The number of anilines is 1. The van der Waals surface area contributed by atoms with Crippen LogP contribution < -0.4 is 10.5 Å². The minimum Gasteiger partial charge on any atom is -0.372 e. The maximum Gasteiger partial charge on any atom is 0.422 e. The van der Waals surface area contributed by atoms with Gasteiger partial charge in [0.15, 0.2) is 0 Å². The van der Waals surface area contributed by atoms with Gasteiger partial charge in [-0.1, -0.05) is 0 Å². The molecule has 15 heteroatoms. The van der Waals surface area contributed by atoms with E-state index in [9.17, 15) is 35.9 Å². The number of H-pyrrole nitrogens is 1. The fraction of sp³-hybridized carbons (Fsp3) is 0.550. The van der Waals surface area contributed by atoms with Gasteiger partial charge >= 0.3 is 12.4 Å². The van der Waals surface area contributed by atoms with E-state index in [0.717, 1.165) is 6.92 Å². The Morgan fingerprint density at radius 1 is 1.09 bits per heavy atom. The first-order valence-electron chi connectivity index (χ1n) is 10.5. The third-order valence-corrected chi connectivity index (χ3v) is 5.50. The Balaban J connectivity index is 1.50. The molecule has 1 aliphatic heterocycles. The van der Waals surface area contributed by atoms with Crippen molar-refractivity contribution < 1.29 is 35.9 Å². The zero-order valence-corrected chi connectivity index (χ0v) is 18.7. The monoisotopic (exact) mass is 508 g/mol. The molecule has 9 nitrogen and oxygen atoms in total.